The van der Waals surface area contributed by atoms with E-state index in [0.717, 1.165) is 5.56 Å². The molecular formula is C22H33ClN2O4. The summed E-state index contributed by atoms with van der Waals surface area (Å²) in [6.45, 7) is 12.7. The summed E-state index contributed by atoms with van der Waals surface area (Å²) < 4.78 is 10.8. The van der Waals surface area contributed by atoms with Crippen molar-refractivity contribution in [2.45, 2.75) is 71.4 Å². The molecule has 2 amide bonds. The van der Waals surface area contributed by atoms with E-state index in [1.807, 2.05) is 12.1 Å². The second kappa shape index (κ2) is 9.35. The van der Waals surface area contributed by atoms with Crippen LogP contribution in [0.4, 0.5) is 10.5 Å². The molecule has 6 nitrogen and oxygen atoms in total. The maximum absolute atomic E-state index is 13.0. The van der Waals surface area contributed by atoms with Gasteiger partial charge in [0.25, 0.3) is 0 Å². The van der Waals surface area contributed by atoms with Crippen molar-refractivity contribution in [3.05, 3.63) is 28.8 Å². The highest BCUT2D eigenvalue weighted by Crippen LogP contribution is 2.31. The minimum absolute atomic E-state index is 0.0272. The van der Waals surface area contributed by atoms with Crippen LogP contribution in [0.2, 0.25) is 5.02 Å². The highest BCUT2D eigenvalue weighted by molar-refractivity contribution is 6.31. The molecule has 1 aromatic carbocycles. The van der Waals surface area contributed by atoms with E-state index < -0.39 is 17.7 Å². The molecule has 7 heteroatoms. The highest BCUT2D eigenvalue weighted by Gasteiger charge is 2.33. The third-order valence-corrected chi connectivity index (χ3v) is 5.05. The van der Waals surface area contributed by atoms with Crippen molar-refractivity contribution in [3.63, 3.8) is 0 Å². The lowest BCUT2D eigenvalue weighted by Crippen LogP contribution is -2.51. The molecule has 0 radical (unpaired) electrons. The fourth-order valence-corrected chi connectivity index (χ4v) is 3.77. The number of halogens is 1. The van der Waals surface area contributed by atoms with E-state index in [1.54, 1.807) is 26.8 Å². The lowest BCUT2D eigenvalue weighted by molar-refractivity contribution is -0.120. The van der Waals surface area contributed by atoms with Gasteiger partial charge in [-0.1, -0.05) is 38.4 Å². The van der Waals surface area contributed by atoms with Crippen LogP contribution in [-0.4, -0.2) is 36.9 Å². The molecule has 2 N–H and O–H groups in total. The molecule has 1 aromatic rings. The summed E-state index contributed by atoms with van der Waals surface area (Å²) in [5.74, 6) is -0.317. The van der Waals surface area contributed by atoms with Gasteiger partial charge in [-0.05, 0) is 62.6 Å². The number of carbonyl (C=O) groups excluding carboxylic acids is 2. The minimum atomic E-state index is -0.713. The van der Waals surface area contributed by atoms with Gasteiger partial charge in [0, 0.05) is 23.9 Å². The second-order valence-corrected chi connectivity index (χ2v) is 9.91. The van der Waals surface area contributed by atoms with Crippen LogP contribution in [0.1, 0.15) is 59.9 Å². The highest BCUT2D eigenvalue weighted by atomic mass is 35.5. The molecule has 0 bridgehead atoms. The number of alkyl carbamates (subject to hydrolysis) is 1. The third-order valence-electron chi connectivity index (χ3n) is 4.74. The van der Waals surface area contributed by atoms with Gasteiger partial charge in [0.05, 0.1) is 0 Å². The van der Waals surface area contributed by atoms with E-state index in [2.05, 4.69) is 31.4 Å². The minimum Gasteiger partial charge on any atom is -0.444 e. The van der Waals surface area contributed by atoms with E-state index in [1.165, 1.54) is 0 Å². The van der Waals surface area contributed by atoms with Crippen molar-refractivity contribution in [2.24, 2.45) is 5.92 Å². The van der Waals surface area contributed by atoms with E-state index in [0.29, 0.717) is 36.8 Å². The smallest absolute Gasteiger partial charge is 0.408 e. The van der Waals surface area contributed by atoms with Crippen molar-refractivity contribution in [1.29, 1.82) is 0 Å². The lowest BCUT2D eigenvalue weighted by Gasteiger charge is -2.31. The molecule has 162 valence electrons. The number of ether oxygens (including phenoxy) is 2. The Hall–Kier alpha value is -1.79. The van der Waals surface area contributed by atoms with E-state index >= 15 is 0 Å². The first-order chi connectivity index (χ1) is 13.4. The first kappa shape index (κ1) is 23.5. The molecule has 1 fully saturated rings. The molecule has 1 atom stereocenters. The van der Waals surface area contributed by atoms with E-state index in [9.17, 15) is 9.59 Å². The van der Waals surface area contributed by atoms with Crippen LogP contribution in [0.15, 0.2) is 18.2 Å². The average molecular weight is 425 g/mol. The second-order valence-electron chi connectivity index (χ2n) is 9.51. The van der Waals surface area contributed by atoms with Crippen molar-refractivity contribution in [3.8, 4) is 0 Å². The molecule has 1 aliphatic heterocycles. The molecule has 29 heavy (non-hydrogen) atoms. The summed E-state index contributed by atoms with van der Waals surface area (Å²) in [5.41, 5.74) is 0.862. The van der Waals surface area contributed by atoms with Crippen LogP contribution in [-0.2, 0) is 19.7 Å². The van der Waals surface area contributed by atoms with Gasteiger partial charge < -0.3 is 20.1 Å². The Morgan fingerprint density at radius 1 is 1.14 bits per heavy atom. The van der Waals surface area contributed by atoms with Crippen molar-refractivity contribution < 1.29 is 19.1 Å². The van der Waals surface area contributed by atoms with Crippen LogP contribution in [0.3, 0.4) is 0 Å². The number of hydrogen-bond donors (Lipinski definition) is 2. The quantitative estimate of drug-likeness (QED) is 0.720. The first-order valence-corrected chi connectivity index (χ1v) is 10.4. The summed E-state index contributed by atoms with van der Waals surface area (Å²) in [7, 11) is 0. The van der Waals surface area contributed by atoms with Crippen molar-refractivity contribution >= 4 is 29.3 Å². The Morgan fingerprint density at radius 2 is 1.76 bits per heavy atom. The van der Waals surface area contributed by atoms with Crippen LogP contribution in [0.5, 0.6) is 0 Å². The maximum Gasteiger partial charge on any atom is 0.408 e. The van der Waals surface area contributed by atoms with Crippen molar-refractivity contribution in [1.82, 2.24) is 5.32 Å². The number of rotatable bonds is 4. The predicted molar refractivity (Wildman–Crippen MR) is 115 cm³/mol. The first-order valence-electron chi connectivity index (χ1n) is 10.0. The molecule has 1 heterocycles. The molecular weight excluding hydrogens is 392 g/mol. The zero-order chi connectivity index (χ0) is 21.8. The average Bonchev–Trinajstić information content (AvgIpc) is 2.57. The molecule has 1 saturated heterocycles. The predicted octanol–water partition coefficient (Wildman–Crippen LogP) is 4.90. The van der Waals surface area contributed by atoms with Gasteiger partial charge >= 0.3 is 6.09 Å². The Labute approximate surface area is 178 Å². The van der Waals surface area contributed by atoms with E-state index in [-0.39, 0.29) is 17.2 Å². The van der Waals surface area contributed by atoms with Gasteiger partial charge in [-0.25, -0.2) is 4.79 Å². The SMILES string of the molecule is CC(C)(C)OC(=O)N[C@@H](C(=O)Nc1ccc(C(C)(C)C)c(Cl)c1)C1CCOCC1. The Kier molecular flexibility index (Phi) is 7.57. The largest absolute Gasteiger partial charge is 0.444 e. The van der Waals surface area contributed by atoms with Crippen LogP contribution < -0.4 is 10.6 Å². The molecule has 0 aromatic heterocycles. The van der Waals surface area contributed by atoms with Crippen LogP contribution >= 0.6 is 11.6 Å². The van der Waals surface area contributed by atoms with Gasteiger partial charge in [0.1, 0.15) is 11.6 Å². The van der Waals surface area contributed by atoms with Crippen LogP contribution in [0.25, 0.3) is 0 Å². The number of carbonyl (C=O) groups is 2. The summed E-state index contributed by atoms with van der Waals surface area (Å²) in [6, 6.07) is 4.78. The molecule has 0 saturated carbocycles. The molecule has 2 rings (SSSR count). The number of anilines is 1. The van der Waals surface area contributed by atoms with Gasteiger partial charge in [-0.15, -0.1) is 0 Å². The zero-order valence-electron chi connectivity index (χ0n) is 18.2. The molecule has 0 unspecified atom stereocenters. The standard InChI is InChI=1S/C22H33ClN2O4/c1-21(2,3)16-8-7-15(13-17(16)23)24-19(26)18(14-9-11-28-12-10-14)25-20(27)29-22(4,5)6/h7-8,13-14,18H,9-12H2,1-6H3,(H,24,26)(H,25,27)/t18-/m1/s1. The summed E-state index contributed by atoms with van der Waals surface area (Å²) >= 11 is 6.43. The summed E-state index contributed by atoms with van der Waals surface area (Å²) in [5, 5.41) is 6.24. The summed E-state index contributed by atoms with van der Waals surface area (Å²) in [6.07, 6.45) is 0.778. The lowest BCUT2D eigenvalue weighted by atomic mass is 9.87. The Balaban J connectivity index is 2.16. The van der Waals surface area contributed by atoms with Crippen LogP contribution in [0, 0.1) is 5.92 Å². The fraction of sp³-hybridized carbons (Fsp3) is 0.636. The van der Waals surface area contributed by atoms with Gasteiger partial charge in [-0.2, -0.15) is 0 Å². The van der Waals surface area contributed by atoms with Gasteiger partial charge in [-0.3, -0.25) is 4.79 Å². The number of amides is 2. The Bertz CT molecular complexity index is 731. The normalized spacial score (nSPS) is 16.8. The molecule has 0 spiro atoms. The third kappa shape index (κ3) is 7.19. The monoisotopic (exact) mass is 424 g/mol. The summed E-state index contributed by atoms with van der Waals surface area (Å²) in [4.78, 5) is 25.4. The van der Waals surface area contributed by atoms with Gasteiger partial charge in [0.2, 0.25) is 5.91 Å². The Morgan fingerprint density at radius 3 is 2.28 bits per heavy atom. The maximum atomic E-state index is 13.0. The number of hydrogen-bond acceptors (Lipinski definition) is 4. The van der Waals surface area contributed by atoms with Crippen molar-refractivity contribution in [2.75, 3.05) is 18.5 Å². The van der Waals surface area contributed by atoms with Gasteiger partial charge in [0.15, 0.2) is 0 Å². The fourth-order valence-electron chi connectivity index (χ4n) is 3.30. The number of nitrogens with one attached hydrogen (secondary N) is 2. The topological polar surface area (TPSA) is 76.7 Å². The molecule has 0 aliphatic carbocycles. The van der Waals surface area contributed by atoms with E-state index in [4.69, 9.17) is 21.1 Å². The number of benzene rings is 1. The zero-order valence-corrected chi connectivity index (χ0v) is 19.0. The molecule has 1 aliphatic rings.